The number of carboxylic acids is 1. The molecule has 0 saturated heterocycles. The van der Waals surface area contributed by atoms with Crippen LogP contribution in [0.5, 0.6) is 5.75 Å². The second-order valence-corrected chi connectivity index (χ2v) is 7.06. The van der Waals surface area contributed by atoms with Gasteiger partial charge in [0.1, 0.15) is 5.75 Å². The maximum Gasteiger partial charge on any atom is 0.335 e. The van der Waals surface area contributed by atoms with Crippen molar-refractivity contribution < 1.29 is 15.0 Å². The molecule has 5 heteroatoms. The number of pyridine rings is 2. The maximum atomic E-state index is 10.2. The van der Waals surface area contributed by atoms with E-state index in [1.54, 1.807) is 0 Å². The summed E-state index contributed by atoms with van der Waals surface area (Å²) in [6, 6.07) is 34.1. The first-order valence-electron chi connectivity index (χ1n) is 10.6. The summed E-state index contributed by atoms with van der Waals surface area (Å²) >= 11 is 0. The number of benzene rings is 3. The lowest BCUT2D eigenvalue weighted by molar-refractivity contribution is 0.0696. The largest absolute Gasteiger partial charge is 0.508 e. The Balaban J connectivity index is 0.000000144. The van der Waals surface area contributed by atoms with Crippen LogP contribution in [0.15, 0.2) is 134 Å². The summed E-state index contributed by atoms with van der Waals surface area (Å²) in [4.78, 5) is 18.2. The Hall–Kier alpha value is -4.77. The molecule has 0 unspecified atom stereocenters. The van der Waals surface area contributed by atoms with Crippen molar-refractivity contribution in [2.45, 2.75) is 0 Å². The van der Waals surface area contributed by atoms with E-state index < -0.39 is 5.97 Å². The van der Waals surface area contributed by atoms with Gasteiger partial charge >= 0.3 is 5.97 Å². The van der Waals surface area contributed by atoms with Crippen LogP contribution in [0.2, 0.25) is 0 Å². The Morgan fingerprint density at radius 1 is 0.529 bits per heavy atom. The zero-order chi connectivity index (χ0) is 24.0. The van der Waals surface area contributed by atoms with Gasteiger partial charge < -0.3 is 10.2 Å². The van der Waals surface area contributed by atoms with Crippen LogP contribution >= 0.6 is 0 Å². The van der Waals surface area contributed by atoms with Crippen LogP contribution in [-0.2, 0) is 0 Å². The zero-order valence-electron chi connectivity index (χ0n) is 18.4. The molecule has 0 aliphatic carbocycles. The van der Waals surface area contributed by atoms with E-state index in [-0.39, 0.29) is 11.3 Å². The highest BCUT2D eigenvalue weighted by Crippen LogP contribution is 2.17. The molecule has 3 aromatic carbocycles. The highest BCUT2D eigenvalue weighted by atomic mass is 16.4. The molecule has 0 aliphatic rings. The normalized spacial score (nSPS) is 9.53. The van der Waals surface area contributed by atoms with E-state index in [0.29, 0.717) is 0 Å². The minimum atomic E-state index is -1.03. The average molecular weight is 449 g/mol. The Morgan fingerprint density at radius 3 is 1.29 bits per heavy atom. The van der Waals surface area contributed by atoms with Crippen molar-refractivity contribution >= 4 is 5.97 Å². The fraction of sp³-hybridized carbons (Fsp3) is 0. The summed E-state index contributed by atoms with van der Waals surface area (Å²) in [5, 5.41) is 17.2. The van der Waals surface area contributed by atoms with E-state index in [9.17, 15) is 4.79 Å². The highest BCUT2D eigenvalue weighted by Gasteiger charge is 2.00. The topological polar surface area (TPSA) is 83.3 Å². The second-order valence-electron chi connectivity index (χ2n) is 7.06. The van der Waals surface area contributed by atoms with Crippen molar-refractivity contribution in [3.05, 3.63) is 140 Å². The van der Waals surface area contributed by atoms with Gasteiger partial charge in [0.2, 0.25) is 0 Å². The number of hydrogen-bond donors (Lipinski definition) is 2. The molecule has 5 aromatic rings. The van der Waals surface area contributed by atoms with Crippen molar-refractivity contribution in [3.63, 3.8) is 0 Å². The molecule has 168 valence electrons. The third kappa shape index (κ3) is 7.73. The smallest absolute Gasteiger partial charge is 0.335 e. The molecule has 2 heterocycles. The predicted octanol–water partition coefficient (Wildman–Crippen LogP) is 6.59. The van der Waals surface area contributed by atoms with Crippen LogP contribution < -0.4 is 0 Å². The lowest BCUT2D eigenvalue weighted by Gasteiger charge is -1.98. The first kappa shape index (κ1) is 23.9. The van der Waals surface area contributed by atoms with E-state index in [1.807, 2.05) is 85.5 Å². The van der Waals surface area contributed by atoms with Crippen LogP contribution in [0, 0.1) is 0 Å². The Kier molecular flexibility index (Phi) is 9.09. The number of rotatable bonds is 3. The molecule has 0 atom stereocenters. The third-order valence-electron chi connectivity index (χ3n) is 4.67. The number of aromatic nitrogens is 2. The fourth-order valence-corrected chi connectivity index (χ4v) is 2.99. The van der Waals surface area contributed by atoms with Crippen LogP contribution in [0.25, 0.3) is 22.3 Å². The number of nitrogens with zero attached hydrogens (tertiary/aromatic N) is 2. The van der Waals surface area contributed by atoms with Gasteiger partial charge in [-0.25, -0.2) is 4.79 Å². The Morgan fingerprint density at radius 2 is 0.941 bits per heavy atom. The molecule has 2 N–H and O–H groups in total. The summed E-state index contributed by atoms with van der Waals surface area (Å²) in [7, 11) is 0. The molecule has 5 rings (SSSR count). The van der Waals surface area contributed by atoms with Crippen LogP contribution in [0.1, 0.15) is 10.4 Å². The zero-order valence-corrected chi connectivity index (χ0v) is 18.4. The number of carboxylic acid groups (broad SMARTS) is 1. The molecule has 0 aliphatic heterocycles. The SMILES string of the molecule is O=C(O)c1cccc(O)c1.c1ccc(-c2ccncc2)cc1.c1ccc(-c2ccncc2)cc1. The van der Waals surface area contributed by atoms with Crippen LogP contribution in [0.4, 0.5) is 0 Å². The fourth-order valence-electron chi connectivity index (χ4n) is 2.99. The summed E-state index contributed by atoms with van der Waals surface area (Å²) in [6.45, 7) is 0. The minimum Gasteiger partial charge on any atom is -0.508 e. The van der Waals surface area contributed by atoms with Gasteiger partial charge in [-0.05, 0) is 64.7 Å². The molecular weight excluding hydrogens is 424 g/mol. The first-order chi connectivity index (χ1) is 16.6. The molecule has 0 fully saturated rings. The maximum absolute atomic E-state index is 10.2. The van der Waals surface area contributed by atoms with Crippen LogP contribution in [-0.4, -0.2) is 26.2 Å². The summed E-state index contributed by atoms with van der Waals surface area (Å²) < 4.78 is 0. The number of phenolic OH excluding ortho intramolecular Hbond substituents is 1. The van der Waals surface area contributed by atoms with Gasteiger partial charge in [-0.2, -0.15) is 0 Å². The third-order valence-corrected chi connectivity index (χ3v) is 4.67. The van der Waals surface area contributed by atoms with Gasteiger partial charge in [-0.1, -0.05) is 66.7 Å². The molecule has 0 spiro atoms. The van der Waals surface area contributed by atoms with Gasteiger partial charge in [-0.3, -0.25) is 9.97 Å². The van der Waals surface area contributed by atoms with E-state index >= 15 is 0 Å². The van der Waals surface area contributed by atoms with Crippen molar-refractivity contribution in [1.29, 1.82) is 0 Å². The Labute approximate surface area is 198 Å². The number of aromatic carboxylic acids is 1. The standard InChI is InChI=1S/2C11H9N.C7H6O3/c2*1-2-4-10(5-3-1)11-6-8-12-9-7-11;8-6-3-1-2-5(4-6)7(9)10/h2*1-9H;1-4,8H,(H,9,10). The van der Waals surface area contributed by atoms with E-state index in [1.165, 1.54) is 46.5 Å². The Bertz CT molecular complexity index is 1110. The van der Waals surface area contributed by atoms with Crippen molar-refractivity contribution in [2.24, 2.45) is 0 Å². The van der Waals surface area contributed by atoms with E-state index in [4.69, 9.17) is 10.2 Å². The predicted molar refractivity (Wildman–Crippen MR) is 134 cm³/mol. The molecule has 0 amide bonds. The quantitative estimate of drug-likeness (QED) is 0.325. The van der Waals surface area contributed by atoms with Gasteiger partial charge in [-0.15, -0.1) is 0 Å². The molecule has 34 heavy (non-hydrogen) atoms. The van der Waals surface area contributed by atoms with Gasteiger partial charge in [0, 0.05) is 24.8 Å². The number of aromatic hydroxyl groups is 1. The molecule has 2 aromatic heterocycles. The van der Waals surface area contributed by atoms with Crippen LogP contribution in [0.3, 0.4) is 0 Å². The monoisotopic (exact) mass is 448 g/mol. The molecular formula is C29H24N2O3. The van der Waals surface area contributed by atoms with Crippen molar-refractivity contribution in [2.75, 3.05) is 0 Å². The van der Waals surface area contributed by atoms with E-state index in [0.717, 1.165) is 0 Å². The summed E-state index contributed by atoms with van der Waals surface area (Å²) in [6.07, 6.45) is 7.23. The summed E-state index contributed by atoms with van der Waals surface area (Å²) in [5.41, 5.74) is 5.00. The average Bonchev–Trinajstić information content (AvgIpc) is 2.91. The van der Waals surface area contributed by atoms with Crippen molar-refractivity contribution in [3.8, 4) is 28.0 Å². The lowest BCUT2D eigenvalue weighted by Crippen LogP contribution is -1.94. The van der Waals surface area contributed by atoms with Gasteiger partial charge in [0.15, 0.2) is 0 Å². The number of phenols is 1. The highest BCUT2D eigenvalue weighted by molar-refractivity contribution is 5.87. The van der Waals surface area contributed by atoms with Gasteiger partial charge in [0.25, 0.3) is 0 Å². The summed E-state index contributed by atoms with van der Waals surface area (Å²) in [5.74, 6) is -1.06. The first-order valence-corrected chi connectivity index (χ1v) is 10.6. The minimum absolute atomic E-state index is 0.0279. The molecule has 0 radical (unpaired) electrons. The lowest BCUT2D eigenvalue weighted by atomic mass is 10.1. The molecule has 0 bridgehead atoms. The molecule has 5 nitrogen and oxygen atoms in total. The number of hydrogen-bond acceptors (Lipinski definition) is 4. The second kappa shape index (κ2) is 12.9. The van der Waals surface area contributed by atoms with Crippen molar-refractivity contribution in [1.82, 2.24) is 9.97 Å². The molecule has 0 saturated carbocycles. The van der Waals surface area contributed by atoms with E-state index in [2.05, 4.69) is 34.2 Å². The van der Waals surface area contributed by atoms with Gasteiger partial charge in [0.05, 0.1) is 5.56 Å². The number of carbonyl (C=O) groups is 1.